The maximum atomic E-state index is 9.48. The Morgan fingerprint density at radius 1 is 1.38 bits per heavy atom. The van der Waals surface area contributed by atoms with Crippen molar-refractivity contribution in [2.24, 2.45) is 0 Å². The molecule has 0 amide bonds. The summed E-state index contributed by atoms with van der Waals surface area (Å²) in [5.41, 5.74) is 2.27. The number of rotatable bonds is 3. The summed E-state index contributed by atoms with van der Waals surface area (Å²) in [7, 11) is 0. The third kappa shape index (κ3) is 1.77. The quantitative estimate of drug-likeness (QED) is 0.850. The second kappa shape index (κ2) is 4.21. The van der Waals surface area contributed by atoms with Crippen molar-refractivity contribution in [2.45, 2.75) is 58.4 Å². The molecule has 2 heterocycles. The highest BCUT2D eigenvalue weighted by Crippen LogP contribution is 2.30. The topological polar surface area (TPSA) is 38.1 Å². The van der Waals surface area contributed by atoms with E-state index in [0.717, 1.165) is 25.1 Å². The number of aryl methyl sites for hydroxylation is 1. The number of aliphatic hydroxyl groups excluding tert-OH is 1. The van der Waals surface area contributed by atoms with Gasteiger partial charge in [-0.05, 0) is 19.3 Å². The van der Waals surface area contributed by atoms with Crippen molar-refractivity contribution in [2.75, 3.05) is 6.61 Å². The van der Waals surface area contributed by atoms with Gasteiger partial charge in [-0.25, -0.2) is 4.98 Å². The summed E-state index contributed by atoms with van der Waals surface area (Å²) in [5.74, 6) is 1.19. The highest BCUT2D eigenvalue weighted by atomic mass is 16.3. The second-order valence-electron chi connectivity index (χ2n) is 5.33. The van der Waals surface area contributed by atoms with Gasteiger partial charge in [-0.2, -0.15) is 0 Å². The second-order valence-corrected chi connectivity index (χ2v) is 5.33. The normalized spacial score (nSPS) is 16.2. The molecular formula is C13H22N2O. The Bertz CT molecular complexity index is 380. The Hall–Kier alpha value is -0.830. The minimum atomic E-state index is -0.207. The van der Waals surface area contributed by atoms with Gasteiger partial charge < -0.3 is 9.67 Å². The van der Waals surface area contributed by atoms with E-state index in [1.54, 1.807) is 0 Å². The summed E-state index contributed by atoms with van der Waals surface area (Å²) in [6.07, 6.45) is 4.61. The standard InChI is InChI=1S/C13H22N2O/c1-4-11-14-12(13(2,3)9-16)10-7-5-6-8-15(10)11/h16H,4-9H2,1-3H3. The average Bonchev–Trinajstić information content (AvgIpc) is 2.68. The van der Waals surface area contributed by atoms with Crippen LogP contribution in [0.15, 0.2) is 0 Å². The SMILES string of the molecule is CCc1nc(C(C)(C)CO)c2n1CCCC2. The number of hydrogen-bond acceptors (Lipinski definition) is 2. The van der Waals surface area contributed by atoms with Crippen molar-refractivity contribution in [1.29, 1.82) is 0 Å². The third-order valence-corrected chi connectivity index (χ3v) is 3.55. The van der Waals surface area contributed by atoms with E-state index in [1.807, 2.05) is 0 Å². The van der Waals surface area contributed by atoms with Gasteiger partial charge >= 0.3 is 0 Å². The lowest BCUT2D eigenvalue weighted by Gasteiger charge is -2.23. The Kier molecular flexibility index (Phi) is 3.06. The van der Waals surface area contributed by atoms with Crippen LogP contribution < -0.4 is 0 Å². The monoisotopic (exact) mass is 222 g/mol. The smallest absolute Gasteiger partial charge is 0.108 e. The third-order valence-electron chi connectivity index (χ3n) is 3.55. The molecule has 3 heteroatoms. The summed E-state index contributed by atoms with van der Waals surface area (Å²) in [5, 5.41) is 9.48. The average molecular weight is 222 g/mol. The number of aliphatic hydroxyl groups is 1. The first-order valence-corrected chi connectivity index (χ1v) is 6.29. The molecule has 1 N–H and O–H groups in total. The predicted molar refractivity (Wildman–Crippen MR) is 64.7 cm³/mol. The van der Waals surface area contributed by atoms with E-state index < -0.39 is 0 Å². The first-order valence-electron chi connectivity index (χ1n) is 6.29. The van der Waals surface area contributed by atoms with Crippen LogP contribution in [-0.2, 0) is 24.8 Å². The van der Waals surface area contributed by atoms with Crippen molar-refractivity contribution >= 4 is 0 Å². The first-order chi connectivity index (χ1) is 7.60. The molecule has 0 atom stereocenters. The first kappa shape index (κ1) is 11.6. The van der Waals surface area contributed by atoms with Crippen molar-refractivity contribution in [1.82, 2.24) is 9.55 Å². The van der Waals surface area contributed by atoms with E-state index in [4.69, 9.17) is 4.98 Å². The zero-order valence-corrected chi connectivity index (χ0v) is 10.6. The summed E-state index contributed by atoms with van der Waals surface area (Å²) >= 11 is 0. The van der Waals surface area contributed by atoms with Crippen molar-refractivity contribution in [3.05, 3.63) is 17.2 Å². The molecule has 0 radical (unpaired) electrons. The van der Waals surface area contributed by atoms with Crippen LogP contribution in [0.3, 0.4) is 0 Å². The van der Waals surface area contributed by atoms with Gasteiger partial charge in [0.1, 0.15) is 5.82 Å². The van der Waals surface area contributed by atoms with Gasteiger partial charge in [-0.1, -0.05) is 20.8 Å². The van der Waals surface area contributed by atoms with Gasteiger partial charge in [-0.15, -0.1) is 0 Å². The number of hydrogen-bond donors (Lipinski definition) is 1. The molecular weight excluding hydrogens is 200 g/mol. The number of fused-ring (bicyclic) bond motifs is 1. The molecule has 0 aliphatic carbocycles. The fourth-order valence-corrected chi connectivity index (χ4v) is 2.50. The molecule has 1 aliphatic heterocycles. The van der Waals surface area contributed by atoms with Crippen LogP contribution in [0.5, 0.6) is 0 Å². The highest BCUT2D eigenvalue weighted by Gasteiger charge is 2.29. The van der Waals surface area contributed by atoms with Crippen LogP contribution in [0.4, 0.5) is 0 Å². The molecule has 0 saturated heterocycles. The van der Waals surface area contributed by atoms with Gasteiger partial charge in [0, 0.05) is 24.1 Å². The van der Waals surface area contributed by atoms with E-state index in [0.29, 0.717) is 0 Å². The van der Waals surface area contributed by atoms with Gasteiger partial charge in [0.25, 0.3) is 0 Å². The predicted octanol–water partition coefficient (Wildman–Crippen LogP) is 2.05. The zero-order chi connectivity index (χ0) is 11.8. The van der Waals surface area contributed by atoms with Gasteiger partial charge in [0.05, 0.1) is 12.3 Å². The van der Waals surface area contributed by atoms with Gasteiger partial charge in [0.15, 0.2) is 0 Å². The van der Waals surface area contributed by atoms with Crippen molar-refractivity contribution in [3.8, 4) is 0 Å². The number of imidazole rings is 1. The Morgan fingerprint density at radius 2 is 2.12 bits per heavy atom. The van der Waals surface area contributed by atoms with Crippen LogP contribution in [0, 0.1) is 0 Å². The molecule has 0 saturated carbocycles. The lowest BCUT2D eigenvalue weighted by molar-refractivity contribution is 0.214. The van der Waals surface area contributed by atoms with E-state index in [-0.39, 0.29) is 12.0 Å². The maximum absolute atomic E-state index is 9.48. The summed E-state index contributed by atoms with van der Waals surface area (Å²) in [6, 6.07) is 0. The molecule has 0 aromatic carbocycles. The summed E-state index contributed by atoms with van der Waals surface area (Å²) in [4.78, 5) is 4.76. The minimum Gasteiger partial charge on any atom is -0.395 e. The zero-order valence-electron chi connectivity index (χ0n) is 10.6. The van der Waals surface area contributed by atoms with E-state index in [1.165, 1.54) is 24.4 Å². The molecule has 0 spiro atoms. The van der Waals surface area contributed by atoms with Crippen LogP contribution in [-0.4, -0.2) is 21.3 Å². The van der Waals surface area contributed by atoms with Crippen molar-refractivity contribution in [3.63, 3.8) is 0 Å². The molecule has 2 rings (SSSR count). The Morgan fingerprint density at radius 3 is 2.75 bits per heavy atom. The molecule has 1 aromatic rings. The van der Waals surface area contributed by atoms with Crippen molar-refractivity contribution < 1.29 is 5.11 Å². The van der Waals surface area contributed by atoms with Crippen LogP contribution in [0.25, 0.3) is 0 Å². The van der Waals surface area contributed by atoms with E-state index in [9.17, 15) is 5.11 Å². The summed E-state index contributed by atoms with van der Waals surface area (Å²) < 4.78 is 2.37. The molecule has 16 heavy (non-hydrogen) atoms. The Labute approximate surface area is 97.5 Å². The lowest BCUT2D eigenvalue weighted by Crippen LogP contribution is -2.25. The molecule has 0 bridgehead atoms. The molecule has 1 aromatic heterocycles. The maximum Gasteiger partial charge on any atom is 0.108 e. The van der Waals surface area contributed by atoms with Gasteiger partial charge in [-0.3, -0.25) is 0 Å². The van der Waals surface area contributed by atoms with Crippen LogP contribution in [0.2, 0.25) is 0 Å². The van der Waals surface area contributed by atoms with Crippen LogP contribution in [0.1, 0.15) is 50.8 Å². The van der Waals surface area contributed by atoms with E-state index >= 15 is 0 Å². The molecule has 1 aliphatic rings. The fraction of sp³-hybridized carbons (Fsp3) is 0.769. The summed E-state index contributed by atoms with van der Waals surface area (Å²) in [6.45, 7) is 7.57. The molecule has 0 fully saturated rings. The Balaban J connectivity index is 2.50. The fourth-order valence-electron chi connectivity index (χ4n) is 2.50. The largest absolute Gasteiger partial charge is 0.395 e. The number of nitrogens with zero attached hydrogens (tertiary/aromatic N) is 2. The van der Waals surface area contributed by atoms with E-state index in [2.05, 4.69) is 25.3 Å². The minimum absolute atomic E-state index is 0.167. The molecule has 3 nitrogen and oxygen atoms in total. The molecule has 90 valence electrons. The van der Waals surface area contributed by atoms with Crippen LogP contribution >= 0.6 is 0 Å². The molecule has 0 unspecified atom stereocenters. The highest BCUT2D eigenvalue weighted by molar-refractivity contribution is 5.26. The lowest BCUT2D eigenvalue weighted by atomic mass is 9.87. The van der Waals surface area contributed by atoms with Gasteiger partial charge in [0.2, 0.25) is 0 Å². The number of aromatic nitrogens is 2.